The van der Waals surface area contributed by atoms with Crippen LogP contribution in [0, 0.1) is 6.92 Å². The van der Waals surface area contributed by atoms with Gasteiger partial charge < -0.3 is 15.2 Å². The summed E-state index contributed by atoms with van der Waals surface area (Å²) in [5.74, 6) is 2.49. The van der Waals surface area contributed by atoms with Gasteiger partial charge in [0.2, 0.25) is 0 Å². The van der Waals surface area contributed by atoms with E-state index in [0.29, 0.717) is 13.1 Å². The number of nitrogens with one attached hydrogen (secondary N) is 2. The molecule has 0 spiro atoms. The highest BCUT2D eigenvalue weighted by Crippen LogP contribution is 2.12. The second kappa shape index (κ2) is 7.88. The predicted molar refractivity (Wildman–Crippen MR) is 88.9 cm³/mol. The molecule has 0 aliphatic rings. The average molecular weight is 321 g/mol. The highest BCUT2D eigenvalue weighted by Gasteiger charge is 2.06. The topological polar surface area (TPSA) is 80.0 Å². The van der Waals surface area contributed by atoms with Gasteiger partial charge in [0.1, 0.15) is 17.4 Å². The minimum atomic E-state index is 0.491. The summed E-state index contributed by atoms with van der Waals surface area (Å²) in [6, 6.07) is 0. The van der Waals surface area contributed by atoms with E-state index in [-0.39, 0.29) is 0 Å². The van der Waals surface area contributed by atoms with E-state index >= 15 is 0 Å². The van der Waals surface area contributed by atoms with E-state index in [4.69, 9.17) is 0 Å². The molecule has 0 saturated heterocycles. The average Bonchev–Trinajstić information content (AvgIpc) is 3.11. The molecule has 22 heavy (non-hydrogen) atoms. The Balaban J connectivity index is 1.96. The molecule has 120 valence electrons. The summed E-state index contributed by atoms with van der Waals surface area (Å²) in [6.45, 7) is 8.08. The van der Waals surface area contributed by atoms with E-state index in [2.05, 4.69) is 37.7 Å². The molecule has 0 aliphatic heterocycles. The first kappa shape index (κ1) is 16.4. The van der Waals surface area contributed by atoms with Crippen molar-refractivity contribution >= 4 is 17.3 Å². The zero-order valence-electron chi connectivity index (χ0n) is 13.6. The first-order valence-corrected chi connectivity index (χ1v) is 8.26. The van der Waals surface area contributed by atoms with Gasteiger partial charge >= 0.3 is 0 Å². The summed E-state index contributed by atoms with van der Waals surface area (Å²) >= 11 is 1.73. The van der Waals surface area contributed by atoms with Gasteiger partial charge in [-0.15, -0.1) is 21.5 Å². The quantitative estimate of drug-likeness (QED) is 0.621. The van der Waals surface area contributed by atoms with Gasteiger partial charge in [0, 0.05) is 24.7 Å². The fourth-order valence-corrected chi connectivity index (χ4v) is 2.63. The molecule has 8 heteroatoms. The summed E-state index contributed by atoms with van der Waals surface area (Å²) < 4.78 is 1.95. The van der Waals surface area contributed by atoms with Gasteiger partial charge in [-0.1, -0.05) is 6.92 Å². The summed E-state index contributed by atoms with van der Waals surface area (Å²) in [4.78, 5) is 10.2. The van der Waals surface area contributed by atoms with Crippen molar-refractivity contribution in [3.05, 3.63) is 27.7 Å². The van der Waals surface area contributed by atoms with Gasteiger partial charge in [0.15, 0.2) is 11.8 Å². The molecule has 7 nitrogen and oxygen atoms in total. The minimum Gasteiger partial charge on any atom is -0.357 e. The Bertz CT molecular complexity index is 629. The summed E-state index contributed by atoms with van der Waals surface area (Å²) in [5, 5.41) is 15.8. The Kier molecular flexibility index (Phi) is 5.88. The number of rotatable bonds is 6. The van der Waals surface area contributed by atoms with Crippen molar-refractivity contribution in [2.45, 2.75) is 40.3 Å². The van der Waals surface area contributed by atoms with Crippen LogP contribution in [0.2, 0.25) is 0 Å². The van der Waals surface area contributed by atoms with E-state index in [0.717, 1.165) is 35.6 Å². The Morgan fingerprint density at radius 3 is 2.73 bits per heavy atom. The van der Waals surface area contributed by atoms with Crippen LogP contribution in [0.3, 0.4) is 0 Å². The van der Waals surface area contributed by atoms with E-state index in [1.54, 1.807) is 11.3 Å². The molecule has 0 unspecified atom stereocenters. The normalized spacial score (nSPS) is 11.7. The van der Waals surface area contributed by atoms with Crippen molar-refractivity contribution in [2.75, 3.05) is 6.54 Å². The van der Waals surface area contributed by atoms with Crippen LogP contribution in [0.15, 0.2) is 11.2 Å². The smallest absolute Gasteiger partial charge is 0.192 e. The Labute approximate surface area is 134 Å². The number of hydrogen-bond acceptors (Lipinski definition) is 5. The maximum atomic E-state index is 4.55. The number of nitrogens with zero attached hydrogens (tertiary/aromatic N) is 5. The van der Waals surface area contributed by atoms with Crippen LogP contribution in [-0.2, 0) is 26.6 Å². The van der Waals surface area contributed by atoms with Crippen LogP contribution in [0.5, 0.6) is 0 Å². The number of guanidine groups is 1. The maximum absolute atomic E-state index is 4.55. The predicted octanol–water partition coefficient (Wildman–Crippen LogP) is 1.40. The monoisotopic (exact) mass is 321 g/mol. The Morgan fingerprint density at radius 1 is 1.32 bits per heavy atom. The zero-order chi connectivity index (χ0) is 15.9. The standard InChI is InChI=1S/C14H23N7S/c1-5-11-7-16-13(22-11)9-18-14(15-6-2)17-8-12-20-19-10(3)21(12)4/h7H,5-6,8-9H2,1-4H3,(H2,15,17,18). The first-order valence-electron chi connectivity index (χ1n) is 7.44. The molecule has 0 aromatic carbocycles. The van der Waals surface area contributed by atoms with Crippen molar-refractivity contribution in [3.8, 4) is 0 Å². The van der Waals surface area contributed by atoms with E-state index < -0.39 is 0 Å². The molecule has 0 radical (unpaired) electrons. The number of thiazole rings is 1. The third-order valence-electron chi connectivity index (χ3n) is 3.26. The molecule has 0 aliphatic carbocycles. The van der Waals surface area contributed by atoms with E-state index in [1.807, 2.05) is 31.7 Å². The van der Waals surface area contributed by atoms with Gasteiger partial charge in [0.25, 0.3) is 0 Å². The molecule has 2 N–H and O–H groups in total. The minimum absolute atomic E-state index is 0.491. The fourth-order valence-electron chi connectivity index (χ4n) is 1.83. The van der Waals surface area contributed by atoms with Gasteiger partial charge in [-0.25, -0.2) is 9.98 Å². The van der Waals surface area contributed by atoms with Gasteiger partial charge in [-0.2, -0.15) is 0 Å². The second-order valence-corrected chi connectivity index (χ2v) is 6.04. The molecule has 2 heterocycles. The molecule has 0 bridgehead atoms. The lowest BCUT2D eigenvalue weighted by atomic mass is 10.4. The van der Waals surface area contributed by atoms with Crippen LogP contribution < -0.4 is 10.6 Å². The van der Waals surface area contributed by atoms with Crippen LogP contribution in [0.25, 0.3) is 0 Å². The van der Waals surface area contributed by atoms with Crippen molar-refractivity contribution in [2.24, 2.45) is 12.0 Å². The molecule has 0 amide bonds. The lowest BCUT2D eigenvalue weighted by molar-refractivity contribution is 0.755. The number of hydrogen-bond donors (Lipinski definition) is 2. The molecule has 2 rings (SSSR count). The number of aliphatic imine (C=N–C) groups is 1. The Hall–Kier alpha value is -1.96. The molecule has 0 atom stereocenters. The van der Waals surface area contributed by atoms with Gasteiger partial charge in [-0.3, -0.25) is 0 Å². The summed E-state index contributed by atoms with van der Waals surface area (Å²) in [5.41, 5.74) is 0. The summed E-state index contributed by atoms with van der Waals surface area (Å²) in [6.07, 6.45) is 2.96. The van der Waals surface area contributed by atoms with E-state index in [1.165, 1.54) is 4.88 Å². The molecule has 0 fully saturated rings. The van der Waals surface area contributed by atoms with Crippen LogP contribution >= 0.6 is 11.3 Å². The third-order valence-corrected chi connectivity index (χ3v) is 4.40. The van der Waals surface area contributed by atoms with Crippen molar-refractivity contribution in [1.29, 1.82) is 0 Å². The highest BCUT2D eigenvalue weighted by atomic mass is 32.1. The molecular weight excluding hydrogens is 298 g/mol. The molecular formula is C14H23N7S. The zero-order valence-corrected chi connectivity index (χ0v) is 14.4. The maximum Gasteiger partial charge on any atom is 0.192 e. The molecule has 0 saturated carbocycles. The second-order valence-electron chi connectivity index (χ2n) is 4.85. The van der Waals surface area contributed by atoms with Crippen LogP contribution in [0.4, 0.5) is 0 Å². The molecule has 2 aromatic rings. The fraction of sp³-hybridized carbons (Fsp3) is 0.571. The number of aryl methyl sites for hydroxylation is 2. The first-order chi connectivity index (χ1) is 10.6. The largest absolute Gasteiger partial charge is 0.357 e. The SMILES string of the molecule is CCNC(=NCc1nnc(C)n1C)NCc1ncc(CC)s1. The lowest BCUT2D eigenvalue weighted by Crippen LogP contribution is -2.36. The highest BCUT2D eigenvalue weighted by molar-refractivity contribution is 7.11. The lowest BCUT2D eigenvalue weighted by Gasteiger charge is -2.09. The van der Waals surface area contributed by atoms with Crippen molar-refractivity contribution in [1.82, 2.24) is 30.4 Å². The summed E-state index contributed by atoms with van der Waals surface area (Å²) in [7, 11) is 1.95. The molecule has 2 aromatic heterocycles. The van der Waals surface area contributed by atoms with Gasteiger partial charge in [-0.05, 0) is 20.3 Å². The third kappa shape index (κ3) is 4.27. The van der Waals surface area contributed by atoms with Crippen LogP contribution in [0.1, 0.15) is 35.4 Å². The van der Waals surface area contributed by atoms with Crippen molar-refractivity contribution < 1.29 is 0 Å². The van der Waals surface area contributed by atoms with Crippen molar-refractivity contribution in [3.63, 3.8) is 0 Å². The van der Waals surface area contributed by atoms with E-state index in [9.17, 15) is 0 Å². The van der Waals surface area contributed by atoms with Gasteiger partial charge in [0.05, 0.1) is 6.54 Å². The number of aromatic nitrogens is 4. The van der Waals surface area contributed by atoms with Crippen LogP contribution in [-0.4, -0.2) is 32.3 Å². The Morgan fingerprint density at radius 2 is 2.14 bits per heavy atom.